The Kier molecular flexibility index (Phi) is 5.30. The quantitative estimate of drug-likeness (QED) is 0.853. The minimum absolute atomic E-state index is 0.0956. The predicted molar refractivity (Wildman–Crippen MR) is 90.5 cm³/mol. The fourth-order valence-electron chi connectivity index (χ4n) is 3.44. The standard InChI is InChI=1S/C17H25N3O2S/c1-13-10-18-17(23-13)14-6-5-9-19(11-14)16(22)12-20-8-4-2-3-7-15(20)21/h10,14H,2-9,11-12H2,1H3. The van der Waals surface area contributed by atoms with Gasteiger partial charge in [0.15, 0.2) is 0 Å². The van der Waals surface area contributed by atoms with Gasteiger partial charge < -0.3 is 9.80 Å². The van der Waals surface area contributed by atoms with E-state index in [4.69, 9.17) is 0 Å². The third kappa shape index (κ3) is 4.10. The van der Waals surface area contributed by atoms with Gasteiger partial charge in [-0.3, -0.25) is 9.59 Å². The first kappa shape index (κ1) is 16.4. The maximum Gasteiger partial charge on any atom is 0.242 e. The summed E-state index contributed by atoms with van der Waals surface area (Å²) < 4.78 is 0. The number of likely N-dealkylation sites (tertiary alicyclic amines) is 2. The Morgan fingerprint density at radius 1 is 1.30 bits per heavy atom. The van der Waals surface area contributed by atoms with Gasteiger partial charge in [-0.05, 0) is 32.6 Å². The molecule has 6 heteroatoms. The lowest BCUT2D eigenvalue weighted by molar-refractivity contribution is -0.140. The normalized spacial score (nSPS) is 23.0. The average molecular weight is 335 g/mol. The van der Waals surface area contributed by atoms with E-state index in [0.29, 0.717) is 12.3 Å². The molecule has 2 aliphatic rings. The van der Waals surface area contributed by atoms with Gasteiger partial charge in [0.1, 0.15) is 0 Å². The van der Waals surface area contributed by atoms with Gasteiger partial charge in [0.25, 0.3) is 0 Å². The van der Waals surface area contributed by atoms with Gasteiger partial charge in [-0.25, -0.2) is 4.98 Å². The van der Waals surface area contributed by atoms with Crippen LogP contribution >= 0.6 is 11.3 Å². The monoisotopic (exact) mass is 335 g/mol. The van der Waals surface area contributed by atoms with Crippen LogP contribution < -0.4 is 0 Å². The number of carbonyl (C=O) groups excluding carboxylic acids is 2. The molecule has 0 bridgehead atoms. The molecule has 0 radical (unpaired) electrons. The zero-order valence-electron chi connectivity index (χ0n) is 13.8. The highest BCUT2D eigenvalue weighted by molar-refractivity contribution is 7.11. The van der Waals surface area contributed by atoms with Crippen molar-refractivity contribution in [2.45, 2.75) is 51.4 Å². The first-order chi connectivity index (χ1) is 11.1. The smallest absolute Gasteiger partial charge is 0.242 e. The van der Waals surface area contributed by atoms with Crippen LogP contribution in [0.15, 0.2) is 6.20 Å². The average Bonchev–Trinajstić information content (AvgIpc) is 2.89. The Morgan fingerprint density at radius 2 is 2.17 bits per heavy atom. The van der Waals surface area contributed by atoms with Crippen molar-refractivity contribution >= 4 is 23.2 Å². The Balaban J connectivity index is 1.59. The molecule has 0 N–H and O–H groups in total. The second-order valence-corrected chi connectivity index (χ2v) is 7.88. The van der Waals surface area contributed by atoms with Gasteiger partial charge >= 0.3 is 0 Å². The Hall–Kier alpha value is -1.43. The third-order valence-electron chi connectivity index (χ3n) is 4.76. The molecule has 1 atom stereocenters. The van der Waals surface area contributed by atoms with Crippen molar-refractivity contribution < 1.29 is 9.59 Å². The van der Waals surface area contributed by atoms with Crippen LogP contribution in [0, 0.1) is 6.92 Å². The molecule has 2 aliphatic heterocycles. The number of carbonyl (C=O) groups is 2. The molecule has 126 valence electrons. The number of piperidine rings is 1. The zero-order chi connectivity index (χ0) is 16.2. The van der Waals surface area contributed by atoms with E-state index in [1.165, 1.54) is 4.88 Å². The van der Waals surface area contributed by atoms with E-state index in [1.807, 2.05) is 11.1 Å². The van der Waals surface area contributed by atoms with E-state index in [1.54, 1.807) is 16.2 Å². The first-order valence-corrected chi connectivity index (χ1v) is 9.43. The molecule has 2 amide bonds. The molecule has 2 fully saturated rings. The highest BCUT2D eigenvalue weighted by Gasteiger charge is 2.28. The summed E-state index contributed by atoms with van der Waals surface area (Å²) in [5.74, 6) is 0.587. The summed E-state index contributed by atoms with van der Waals surface area (Å²) in [6.07, 6.45) is 7.68. The van der Waals surface area contributed by atoms with Crippen LogP contribution in [-0.4, -0.2) is 52.8 Å². The minimum atomic E-state index is 0.0956. The first-order valence-electron chi connectivity index (χ1n) is 8.61. The van der Waals surface area contributed by atoms with E-state index >= 15 is 0 Å². The topological polar surface area (TPSA) is 53.5 Å². The maximum atomic E-state index is 12.6. The van der Waals surface area contributed by atoms with Crippen molar-refractivity contribution in [3.05, 3.63) is 16.1 Å². The van der Waals surface area contributed by atoms with Crippen molar-refractivity contribution in [2.75, 3.05) is 26.2 Å². The molecule has 0 aromatic carbocycles. The fraction of sp³-hybridized carbons (Fsp3) is 0.706. The summed E-state index contributed by atoms with van der Waals surface area (Å²) in [5, 5.41) is 1.14. The molecule has 0 spiro atoms. The van der Waals surface area contributed by atoms with Crippen LogP contribution in [0.2, 0.25) is 0 Å². The Labute approximate surface area is 141 Å². The predicted octanol–water partition coefficient (Wildman–Crippen LogP) is 2.56. The second kappa shape index (κ2) is 7.43. The van der Waals surface area contributed by atoms with Crippen molar-refractivity contribution in [1.29, 1.82) is 0 Å². The number of aryl methyl sites for hydroxylation is 1. The molecule has 23 heavy (non-hydrogen) atoms. The molecular weight excluding hydrogens is 310 g/mol. The van der Waals surface area contributed by atoms with Gasteiger partial charge in [0.05, 0.1) is 11.6 Å². The van der Waals surface area contributed by atoms with Gasteiger partial charge in [-0.2, -0.15) is 0 Å². The lowest BCUT2D eigenvalue weighted by Gasteiger charge is -2.33. The number of rotatable bonds is 3. The summed E-state index contributed by atoms with van der Waals surface area (Å²) >= 11 is 1.73. The highest BCUT2D eigenvalue weighted by atomic mass is 32.1. The second-order valence-electron chi connectivity index (χ2n) is 6.61. The molecule has 1 aromatic heterocycles. The lowest BCUT2D eigenvalue weighted by Crippen LogP contribution is -2.46. The number of thiazole rings is 1. The van der Waals surface area contributed by atoms with E-state index in [2.05, 4.69) is 11.9 Å². The number of amides is 2. The minimum Gasteiger partial charge on any atom is -0.340 e. The maximum absolute atomic E-state index is 12.6. The van der Waals surface area contributed by atoms with Crippen molar-refractivity contribution in [2.24, 2.45) is 0 Å². The lowest BCUT2D eigenvalue weighted by atomic mass is 9.98. The van der Waals surface area contributed by atoms with Crippen molar-refractivity contribution in [1.82, 2.24) is 14.8 Å². The largest absolute Gasteiger partial charge is 0.340 e. The molecule has 1 aromatic rings. The van der Waals surface area contributed by atoms with Crippen LogP contribution in [0.1, 0.15) is 54.3 Å². The van der Waals surface area contributed by atoms with Crippen LogP contribution in [0.3, 0.4) is 0 Å². The van der Waals surface area contributed by atoms with Crippen LogP contribution in [-0.2, 0) is 9.59 Å². The Bertz CT molecular complexity index is 572. The van der Waals surface area contributed by atoms with E-state index in [0.717, 1.165) is 56.7 Å². The number of hydrogen-bond donors (Lipinski definition) is 0. The van der Waals surface area contributed by atoms with Crippen LogP contribution in [0.4, 0.5) is 0 Å². The van der Waals surface area contributed by atoms with Gasteiger partial charge in [0.2, 0.25) is 11.8 Å². The van der Waals surface area contributed by atoms with Crippen molar-refractivity contribution in [3.8, 4) is 0 Å². The van der Waals surface area contributed by atoms with Crippen molar-refractivity contribution in [3.63, 3.8) is 0 Å². The summed E-state index contributed by atoms with van der Waals surface area (Å²) in [6, 6.07) is 0. The van der Waals surface area contributed by atoms with Gasteiger partial charge in [-0.15, -0.1) is 11.3 Å². The molecule has 0 aliphatic carbocycles. The summed E-state index contributed by atoms with van der Waals surface area (Å²) in [5.41, 5.74) is 0. The molecular formula is C17H25N3O2S. The third-order valence-corrected chi connectivity index (χ3v) is 5.84. The highest BCUT2D eigenvalue weighted by Crippen LogP contribution is 2.29. The number of hydrogen-bond acceptors (Lipinski definition) is 4. The molecule has 3 rings (SSSR count). The molecule has 3 heterocycles. The van der Waals surface area contributed by atoms with Crippen LogP contribution in [0.25, 0.3) is 0 Å². The summed E-state index contributed by atoms with van der Waals surface area (Å²) in [4.78, 5) is 34.1. The zero-order valence-corrected chi connectivity index (χ0v) is 14.6. The Morgan fingerprint density at radius 3 is 2.96 bits per heavy atom. The molecule has 2 saturated heterocycles. The van der Waals surface area contributed by atoms with E-state index in [-0.39, 0.29) is 18.4 Å². The van der Waals surface area contributed by atoms with Gasteiger partial charge in [-0.1, -0.05) is 6.42 Å². The summed E-state index contributed by atoms with van der Waals surface area (Å²) in [7, 11) is 0. The molecule has 1 unspecified atom stereocenters. The number of nitrogens with zero attached hydrogens (tertiary/aromatic N) is 3. The van der Waals surface area contributed by atoms with Gasteiger partial charge in [0, 0.05) is 43.0 Å². The van der Waals surface area contributed by atoms with Crippen LogP contribution in [0.5, 0.6) is 0 Å². The SMILES string of the molecule is Cc1cnc(C2CCCN(C(=O)CN3CCCCCC3=O)C2)s1. The fourth-order valence-corrected chi connectivity index (χ4v) is 4.33. The number of aromatic nitrogens is 1. The summed E-state index contributed by atoms with van der Waals surface area (Å²) in [6.45, 7) is 4.60. The van der Waals surface area contributed by atoms with E-state index < -0.39 is 0 Å². The molecule has 0 saturated carbocycles. The van der Waals surface area contributed by atoms with E-state index in [9.17, 15) is 9.59 Å². The molecule has 5 nitrogen and oxygen atoms in total.